The van der Waals surface area contributed by atoms with Crippen LogP contribution in [0.5, 0.6) is 0 Å². The van der Waals surface area contributed by atoms with Crippen LogP contribution in [-0.2, 0) is 14.3 Å². The standard InChI is InChI=1S/C23H38O4/c1-21(25)11-12-23(14-26-3)15(13-21)5-6-16-17-7-8-19(20(24)27-4)22(17,2)10-9-18(16)23/h15-19,25H,5-14H2,1-4H3/t15-,16+,17+,18+,19-,21-,22+,23-/m1/s1. The van der Waals surface area contributed by atoms with E-state index in [1.165, 1.54) is 32.8 Å². The highest BCUT2D eigenvalue weighted by atomic mass is 16.5. The molecule has 0 spiro atoms. The Labute approximate surface area is 164 Å². The Hall–Kier alpha value is -0.610. The van der Waals surface area contributed by atoms with E-state index in [-0.39, 0.29) is 22.7 Å². The third kappa shape index (κ3) is 2.88. The van der Waals surface area contributed by atoms with Gasteiger partial charge in [0.15, 0.2) is 0 Å². The summed E-state index contributed by atoms with van der Waals surface area (Å²) in [7, 11) is 3.38. The van der Waals surface area contributed by atoms with E-state index in [1.807, 2.05) is 14.0 Å². The molecule has 1 N–H and O–H groups in total. The lowest BCUT2D eigenvalue weighted by molar-refractivity contribution is -0.178. The minimum atomic E-state index is -0.513. The van der Waals surface area contributed by atoms with Gasteiger partial charge in [-0.3, -0.25) is 4.79 Å². The first-order valence-corrected chi connectivity index (χ1v) is 11.1. The molecule has 8 atom stereocenters. The molecule has 0 saturated heterocycles. The molecule has 4 fully saturated rings. The largest absolute Gasteiger partial charge is 0.469 e. The first kappa shape index (κ1) is 19.7. The molecule has 4 aliphatic carbocycles. The van der Waals surface area contributed by atoms with Crippen LogP contribution in [0.4, 0.5) is 0 Å². The summed E-state index contributed by atoms with van der Waals surface area (Å²) in [5, 5.41) is 10.7. The van der Waals surface area contributed by atoms with Gasteiger partial charge in [0.1, 0.15) is 0 Å². The van der Waals surface area contributed by atoms with Crippen molar-refractivity contribution in [2.75, 3.05) is 20.8 Å². The Morgan fingerprint density at radius 2 is 1.78 bits per heavy atom. The van der Waals surface area contributed by atoms with E-state index >= 15 is 0 Å². The maximum Gasteiger partial charge on any atom is 0.309 e. The second-order valence-corrected chi connectivity index (χ2v) is 10.7. The van der Waals surface area contributed by atoms with Crippen molar-refractivity contribution in [3.05, 3.63) is 0 Å². The number of aliphatic hydroxyl groups is 1. The average molecular weight is 379 g/mol. The number of hydrogen-bond acceptors (Lipinski definition) is 4. The highest BCUT2D eigenvalue weighted by molar-refractivity contribution is 5.73. The van der Waals surface area contributed by atoms with E-state index in [0.717, 1.165) is 38.7 Å². The molecule has 4 saturated carbocycles. The van der Waals surface area contributed by atoms with E-state index in [9.17, 15) is 9.90 Å². The van der Waals surface area contributed by atoms with E-state index < -0.39 is 5.60 Å². The van der Waals surface area contributed by atoms with E-state index in [1.54, 1.807) is 0 Å². The molecule has 0 unspecified atom stereocenters. The molecule has 4 aliphatic rings. The summed E-state index contributed by atoms with van der Waals surface area (Å²) in [4.78, 5) is 12.4. The summed E-state index contributed by atoms with van der Waals surface area (Å²) in [6, 6.07) is 0. The van der Waals surface area contributed by atoms with Gasteiger partial charge in [0.2, 0.25) is 0 Å². The molecular weight excluding hydrogens is 340 g/mol. The number of esters is 1. The van der Waals surface area contributed by atoms with Crippen LogP contribution in [0.15, 0.2) is 0 Å². The van der Waals surface area contributed by atoms with Crippen LogP contribution in [0, 0.1) is 40.4 Å². The van der Waals surface area contributed by atoms with Crippen LogP contribution < -0.4 is 0 Å². The number of rotatable bonds is 3. The second-order valence-electron chi connectivity index (χ2n) is 10.7. The van der Waals surface area contributed by atoms with Crippen molar-refractivity contribution in [1.82, 2.24) is 0 Å². The third-order valence-electron chi connectivity index (χ3n) is 9.55. The molecule has 0 aromatic rings. The number of fused-ring (bicyclic) bond motifs is 5. The number of hydrogen-bond donors (Lipinski definition) is 1. The van der Waals surface area contributed by atoms with Gasteiger partial charge < -0.3 is 14.6 Å². The predicted molar refractivity (Wildman–Crippen MR) is 104 cm³/mol. The van der Waals surface area contributed by atoms with Crippen LogP contribution in [-0.4, -0.2) is 37.5 Å². The molecular formula is C23H38O4. The minimum absolute atomic E-state index is 0.00690. The van der Waals surface area contributed by atoms with Crippen molar-refractivity contribution in [2.45, 2.75) is 77.2 Å². The second kappa shape index (κ2) is 6.73. The fourth-order valence-electron chi connectivity index (χ4n) is 8.31. The Morgan fingerprint density at radius 3 is 2.48 bits per heavy atom. The summed E-state index contributed by atoms with van der Waals surface area (Å²) in [6.07, 6.45) is 9.86. The Balaban J connectivity index is 1.63. The van der Waals surface area contributed by atoms with Crippen molar-refractivity contribution in [3.8, 4) is 0 Å². The Morgan fingerprint density at radius 1 is 1.00 bits per heavy atom. The van der Waals surface area contributed by atoms with Gasteiger partial charge in [0.05, 0.1) is 25.2 Å². The summed E-state index contributed by atoms with van der Waals surface area (Å²) in [5.41, 5.74) is -0.179. The zero-order valence-electron chi connectivity index (χ0n) is 17.6. The van der Waals surface area contributed by atoms with Crippen LogP contribution in [0.3, 0.4) is 0 Å². The highest BCUT2D eigenvalue weighted by Gasteiger charge is 2.63. The molecule has 0 aromatic carbocycles. The van der Waals surface area contributed by atoms with Gasteiger partial charge in [-0.1, -0.05) is 6.92 Å². The monoisotopic (exact) mass is 378 g/mol. The molecule has 4 nitrogen and oxygen atoms in total. The van der Waals surface area contributed by atoms with Crippen LogP contribution in [0.2, 0.25) is 0 Å². The van der Waals surface area contributed by atoms with Gasteiger partial charge >= 0.3 is 5.97 Å². The molecule has 4 heteroatoms. The fraction of sp³-hybridized carbons (Fsp3) is 0.957. The van der Waals surface area contributed by atoms with Crippen molar-refractivity contribution in [2.24, 2.45) is 40.4 Å². The molecule has 4 rings (SSSR count). The SMILES string of the molecule is COC[C@]12CC[C@@](C)(O)C[C@H]1CC[C@H]1[C@@H]3CC[C@H](C(=O)OC)[C@@]3(C)CC[C@@H]12. The van der Waals surface area contributed by atoms with Gasteiger partial charge in [0, 0.05) is 7.11 Å². The summed E-state index contributed by atoms with van der Waals surface area (Å²) in [6.45, 7) is 5.22. The predicted octanol–water partition coefficient (Wildman–Crippen LogP) is 4.20. The zero-order valence-corrected chi connectivity index (χ0v) is 17.6. The lowest BCUT2D eigenvalue weighted by Crippen LogP contribution is -2.58. The smallest absolute Gasteiger partial charge is 0.309 e. The van der Waals surface area contributed by atoms with Crippen molar-refractivity contribution >= 4 is 5.97 Å². The van der Waals surface area contributed by atoms with Crippen molar-refractivity contribution < 1.29 is 19.4 Å². The molecule has 0 aliphatic heterocycles. The van der Waals surface area contributed by atoms with Crippen molar-refractivity contribution in [1.29, 1.82) is 0 Å². The number of methoxy groups -OCH3 is 2. The molecule has 0 amide bonds. The first-order chi connectivity index (χ1) is 12.8. The van der Waals surface area contributed by atoms with Gasteiger partial charge in [-0.25, -0.2) is 0 Å². The lowest BCUT2D eigenvalue weighted by Gasteiger charge is -2.62. The van der Waals surface area contributed by atoms with Gasteiger partial charge in [-0.15, -0.1) is 0 Å². The topological polar surface area (TPSA) is 55.8 Å². The van der Waals surface area contributed by atoms with Crippen LogP contribution in [0.1, 0.15) is 71.6 Å². The van der Waals surface area contributed by atoms with E-state index in [2.05, 4.69) is 6.92 Å². The molecule has 0 aromatic heterocycles. The molecule has 0 radical (unpaired) electrons. The van der Waals surface area contributed by atoms with Crippen LogP contribution in [0.25, 0.3) is 0 Å². The van der Waals surface area contributed by atoms with Gasteiger partial charge in [-0.05, 0) is 99.2 Å². The van der Waals surface area contributed by atoms with Gasteiger partial charge in [-0.2, -0.15) is 0 Å². The average Bonchev–Trinajstić information content (AvgIpc) is 2.98. The molecule has 154 valence electrons. The summed E-state index contributed by atoms with van der Waals surface area (Å²) in [5.74, 6) is 2.68. The quantitative estimate of drug-likeness (QED) is 0.748. The maximum atomic E-state index is 12.4. The van der Waals surface area contributed by atoms with Crippen molar-refractivity contribution in [3.63, 3.8) is 0 Å². The Kier molecular flexibility index (Phi) is 4.91. The summed E-state index contributed by atoms with van der Waals surface area (Å²) >= 11 is 0. The highest BCUT2D eigenvalue weighted by Crippen LogP contribution is 2.68. The minimum Gasteiger partial charge on any atom is -0.469 e. The lowest BCUT2D eigenvalue weighted by atomic mass is 9.43. The van der Waals surface area contributed by atoms with E-state index in [0.29, 0.717) is 23.7 Å². The number of carbonyl (C=O) groups excluding carboxylic acids is 1. The Bertz CT molecular complexity index is 587. The van der Waals surface area contributed by atoms with Gasteiger partial charge in [0.25, 0.3) is 0 Å². The molecule has 0 heterocycles. The molecule has 0 bridgehead atoms. The summed E-state index contributed by atoms with van der Waals surface area (Å²) < 4.78 is 11.0. The maximum absolute atomic E-state index is 12.4. The molecule has 27 heavy (non-hydrogen) atoms. The zero-order chi connectivity index (χ0) is 19.4. The number of carbonyl (C=O) groups is 1. The fourth-order valence-corrected chi connectivity index (χ4v) is 8.31. The van der Waals surface area contributed by atoms with Crippen LogP contribution >= 0.6 is 0 Å². The normalized spacial score (nSPS) is 51.8. The first-order valence-electron chi connectivity index (χ1n) is 11.1. The van der Waals surface area contributed by atoms with E-state index in [4.69, 9.17) is 9.47 Å². The third-order valence-corrected chi connectivity index (χ3v) is 9.55. The number of ether oxygens (including phenoxy) is 2.